The standard InChI is InChI=1S/C9H10.C8H11N3/c1-2-5-9-7-3-6-8(9)4-1;1-5-4-10-7(6-2-3-6)8(9)11-5/h1-2,4-5H,3,6-7H2;4,6H,2-3H2,1H3,(H2,9,11). The Labute approximate surface area is 120 Å². The molecule has 0 saturated heterocycles. The molecule has 1 saturated carbocycles. The molecule has 0 bridgehead atoms. The monoisotopic (exact) mass is 267 g/mol. The van der Waals surface area contributed by atoms with Gasteiger partial charge >= 0.3 is 0 Å². The third kappa shape index (κ3) is 2.98. The van der Waals surface area contributed by atoms with Gasteiger partial charge in [0.05, 0.1) is 11.4 Å². The van der Waals surface area contributed by atoms with E-state index >= 15 is 0 Å². The minimum absolute atomic E-state index is 0.600. The smallest absolute Gasteiger partial charge is 0.145 e. The van der Waals surface area contributed by atoms with Gasteiger partial charge in [0.25, 0.3) is 0 Å². The zero-order chi connectivity index (χ0) is 13.9. The van der Waals surface area contributed by atoms with Gasteiger partial charge in [-0.1, -0.05) is 24.3 Å². The van der Waals surface area contributed by atoms with E-state index < -0.39 is 0 Å². The van der Waals surface area contributed by atoms with Crippen molar-refractivity contribution in [3.63, 3.8) is 0 Å². The second kappa shape index (κ2) is 5.61. The Balaban J connectivity index is 0.000000123. The Kier molecular flexibility index (Phi) is 3.68. The number of nitrogens with zero attached hydrogens (tertiary/aromatic N) is 2. The number of aromatic nitrogens is 2. The normalized spacial score (nSPS) is 16.2. The summed E-state index contributed by atoms with van der Waals surface area (Å²) in [5.74, 6) is 1.22. The van der Waals surface area contributed by atoms with E-state index in [0.29, 0.717) is 11.7 Å². The topological polar surface area (TPSA) is 51.8 Å². The largest absolute Gasteiger partial charge is 0.382 e. The van der Waals surface area contributed by atoms with Crippen molar-refractivity contribution in [1.82, 2.24) is 9.97 Å². The molecule has 4 rings (SSSR count). The van der Waals surface area contributed by atoms with Crippen LogP contribution in [-0.4, -0.2) is 9.97 Å². The first-order valence-electron chi connectivity index (χ1n) is 7.40. The molecule has 1 aromatic carbocycles. The summed E-state index contributed by atoms with van der Waals surface area (Å²) in [6, 6.07) is 8.74. The van der Waals surface area contributed by atoms with E-state index in [-0.39, 0.29) is 0 Å². The van der Waals surface area contributed by atoms with Crippen LogP contribution in [0.3, 0.4) is 0 Å². The molecule has 20 heavy (non-hydrogen) atoms. The second-order valence-corrected chi connectivity index (χ2v) is 5.68. The molecule has 1 fully saturated rings. The lowest BCUT2D eigenvalue weighted by molar-refractivity contribution is 0.912. The molecule has 1 aromatic heterocycles. The third-order valence-corrected chi connectivity index (χ3v) is 3.92. The van der Waals surface area contributed by atoms with E-state index in [1.54, 1.807) is 17.3 Å². The Bertz CT molecular complexity index is 580. The van der Waals surface area contributed by atoms with E-state index in [2.05, 4.69) is 34.2 Å². The lowest BCUT2D eigenvalue weighted by Crippen LogP contribution is -2.00. The molecule has 2 aliphatic carbocycles. The van der Waals surface area contributed by atoms with Gasteiger partial charge in [-0.3, -0.25) is 4.98 Å². The van der Waals surface area contributed by atoms with E-state index in [9.17, 15) is 0 Å². The maximum Gasteiger partial charge on any atom is 0.145 e. The van der Waals surface area contributed by atoms with Crippen molar-refractivity contribution in [3.05, 3.63) is 53.0 Å². The van der Waals surface area contributed by atoms with Crippen LogP contribution in [0.25, 0.3) is 0 Å². The average Bonchev–Trinajstić information content (AvgIpc) is 3.16. The number of aryl methyl sites for hydroxylation is 3. The average molecular weight is 267 g/mol. The molecule has 0 unspecified atom stereocenters. The molecule has 1 heterocycles. The molecular formula is C17H21N3. The van der Waals surface area contributed by atoms with Crippen molar-refractivity contribution in [2.45, 2.75) is 44.9 Å². The summed E-state index contributed by atoms with van der Waals surface area (Å²) in [6.45, 7) is 1.90. The van der Waals surface area contributed by atoms with Crippen LogP contribution >= 0.6 is 0 Å². The van der Waals surface area contributed by atoms with E-state index in [1.165, 1.54) is 32.1 Å². The van der Waals surface area contributed by atoms with Crippen LogP contribution in [0.1, 0.15) is 47.7 Å². The van der Waals surface area contributed by atoms with E-state index in [4.69, 9.17) is 5.73 Å². The quantitative estimate of drug-likeness (QED) is 0.861. The van der Waals surface area contributed by atoms with Crippen molar-refractivity contribution >= 4 is 5.82 Å². The van der Waals surface area contributed by atoms with Gasteiger partial charge in [0, 0.05) is 12.1 Å². The summed E-state index contributed by atoms with van der Waals surface area (Å²) in [7, 11) is 0. The lowest BCUT2D eigenvalue weighted by atomic mass is 10.1. The summed E-state index contributed by atoms with van der Waals surface area (Å²) in [5, 5.41) is 0. The Morgan fingerprint density at radius 3 is 2.30 bits per heavy atom. The van der Waals surface area contributed by atoms with Gasteiger partial charge in [0.1, 0.15) is 5.82 Å². The highest BCUT2D eigenvalue weighted by atomic mass is 14.9. The van der Waals surface area contributed by atoms with Crippen LogP contribution in [0.5, 0.6) is 0 Å². The molecule has 2 aromatic rings. The molecule has 0 atom stereocenters. The number of nitrogens with two attached hydrogens (primary N) is 1. The molecule has 2 N–H and O–H groups in total. The van der Waals surface area contributed by atoms with Gasteiger partial charge in [0.2, 0.25) is 0 Å². The highest BCUT2D eigenvalue weighted by molar-refractivity contribution is 5.39. The Hall–Kier alpha value is -1.90. The summed E-state index contributed by atoms with van der Waals surface area (Å²) in [6.07, 6.45) is 8.19. The van der Waals surface area contributed by atoms with Crippen molar-refractivity contribution in [3.8, 4) is 0 Å². The zero-order valence-electron chi connectivity index (χ0n) is 12.0. The van der Waals surface area contributed by atoms with Gasteiger partial charge in [0.15, 0.2) is 0 Å². The van der Waals surface area contributed by atoms with E-state index in [0.717, 1.165) is 11.4 Å². The summed E-state index contributed by atoms with van der Waals surface area (Å²) >= 11 is 0. The first-order valence-corrected chi connectivity index (χ1v) is 7.40. The minimum atomic E-state index is 0.600. The number of rotatable bonds is 1. The van der Waals surface area contributed by atoms with Crippen LogP contribution < -0.4 is 5.73 Å². The van der Waals surface area contributed by atoms with Gasteiger partial charge in [-0.25, -0.2) is 4.98 Å². The fourth-order valence-electron chi connectivity index (χ4n) is 2.69. The molecular weight excluding hydrogens is 246 g/mol. The summed E-state index contributed by atoms with van der Waals surface area (Å²) < 4.78 is 0. The van der Waals surface area contributed by atoms with Crippen LogP contribution in [0.2, 0.25) is 0 Å². The Morgan fingerprint density at radius 2 is 1.75 bits per heavy atom. The zero-order valence-corrected chi connectivity index (χ0v) is 12.0. The number of nitrogen functional groups attached to an aromatic ring is 1. The molecule has 3 heteroatoms. The fourth-order valence-corrected chi connectivity index (χ4v) is 2.69. The van der Waals surface area contributed by atoms with Gasteiger partial charge in [-0.2, -0.15) is 0 Å². The fraction of sp³-hybridized carbons (Fsp3) is 0.412. The summed E-state index contributed by atoms with van der Waals surface area (Å²) in [4.78, 5) is 8.40. The summed E-state index contributed by atoms with van der Waals surface area (Å²) in [5.41, 5.74) is 10.7. The van der Waals surface area contributed by atoms with Crippen LogP contribution in [0.4, 0.5) is 5.82 Å². The van der Waals surface area contributed by atoms with Crippen molar-refractivity contribution in [2.75, 3.05) is 5.73 Å². The molecule has 0 aliphatic heterocycles. The van der Waals surface area contributed by atoms with Crippen molar-refractivity contribution in [2.24, 2.45) is 0 Å². The van der Waals surface area contributed by atoms with E-state index in [1.807, 2.05) is 6.92 Å². The first-order chi connectivity index (χ1) is 9.74. The van der Waals surface area contributed by atoms with Crippen LogP contribution in [-0.2, 0) is 12.8 Å². The number of hydrogen-bond donors (Lipinski definition) is 1. The highest BCUT2D eigenvalue weighted by Gasteiger charge is 2.27. The Morgan fingerprint density at radius 1 is 1.10 bits per heavy atom. The number of benzene rings is 1. The van der Waals surface area contributed by atoms with Crippen molar-refractivity contribution < 1.29 is 0 Å². The molecule has 104 valence electrons. The number of fused-ring (bicyclic) bond motifs is 1. The first kappa shape index (κ1) is 13.1. The van der Waals surface area contributed by atoms with Crippen LogP contribution in [0, 0.1) is 6.92 Å². The van der Waals surface area contributed by atoms with Gasteiger partial charge in [-0.15, -0.1) is 0 Å². The maximum absolute atomic E-state index is 5.69. The minimum Gasteiger partial charge on any atom is -0.382 e. The predicted octanol–water partition coefficient (Wildman–Crippen LogP) is 3.42. The molecule has 2 aliphatic rings. The maximum atomic E-state index is 5.69. The van der Waals surface area contributed by atoms with Crippen LogP contribution in [0.15, 0.2) is 30.5 Å². The lowest BCUT2D eigenvalue weighted by Gasteiger charge is -2.01. The SMILES string of the molecule is Cc1cnc(C2CC2)c(N)n1.c1ccc2c(c1)CCC2. The molecule has 0 spiro atoms. The molecule has 0 radical (unpaired) electrons. The van der Waals surface area contributed by atoms with Gasteiger partial charge < -0.3 is 5.73 Å². The van der Waals surface area contributed by atoms with Crippen molar-refractivity contribution in [1.29, 1.82) is 0 Å². The highest BCUT2D eigenvalue weighted by Crippen LogP contribution is 2.40. The number of anilines is 1. The molecule has 3 nitrogen and oxygen atoms in total. The number of hydrogen-bond acceptors (Lipinski definition) is 3. The second-order valence-electron chi connectivity index (χ2n) is 5.68. The third-order valence-electron chi connectivity index (χ3n) is 3.92. The molecule has 0 amide bonds. The van der Waals surface area contributed by atoms with Gasteiger partial charge in [-0.05, 0) is 50.2 Å². The predicted molar refractivity (Wildman–Crippen MR) is 81.6 cm³/mol.